The maximum atomic E-state index is 11.5. The van der Waals surface area contributed by atoms with Crippen LogP contribution in [-0.2, 0) is 11.3 Å². The van der Waals surface area contributed by atoms with Gasteiger partial charge in [-0.2, -0.15) is 0 Å². The first kappa shape index (κ1) is 12.2. The summed E-state index contributed by atoms with van der Waals surface area (Å²) in [6.07, 6.45) is 3.24. The average molecular weight is 245 g/mol. The number of nitrogens with zero attached hydrogens (tertiary/aromatic N) is 1. The van der Waals surface area contributed by atoms with Gasteiger partial charge in [-0.1, -0.05) is 12.1 Å². The highest BCUT2D eigenvalue weighted by Crippen LogP contribution is 2.11. The number of H-pyrrole nitrogens is 1. The second-order valence-corrected chi connectivity index (χ2v) is 3.96. The Bertz CT molecular complexity index is 509. The summed E-state index contributed by atoms with van der Waals surface area (Å²) in [5.74, 6) is 0.540. The molecular weight excluding hydrogens is 230 g/mol. The first-order valence-electron chi connectivity index (χ1n) is 5.67. The summed E-state index contributed by atoms with van der Waals surface area (Å²) in [5.41, 5.74) is 1.96. The van der Waals surface area contributed by atoms with Gasteiger partial charge in [0.05, 0.1) is 18.6 Å². The zero-order valence-corrected chi connectivity index (χ0v) is 10.1. The molecule has 18 heavy (non-hydrogen) atoms. The highest BCUT2D eigenvalue weighted by molar-refractivity contribution is 5.77. The Morgan fingerprint density at radius 1 is 1.50 bits per heavy atom. The standard InChI is InChI=1S/C13H15N3O2/c1-10-3-2-4-12(5-10)18-8-13(17)15-7-11-6-14-9-16-11/h2-6,9H,7-8H2,1H3,(H,14,16)(H,15,17). The lowest BCUT2D eigenvalue weighted by Gasteiger charge is -2.07. The maximum Gasteiger partial charge on any atom is 0.258 e. The van der Waals surface area contributed by atoms with Gasteiger partial charge in [0.25, 0.3) is 5.91 Å². The predicted molar refractivity (Wildman–Crippen MR) is 67.1 cm³/mol. The summed E-state index contributed by atoms with van der Waals surface area (Å²) in [4.78, 5) is 18.3. The molecule has 0 aliphatic carbocycles. The third kappa shape index (κ3) is 3.62. The smallest absolute Gasteiger partial charge is 0.258 e. The molecule has 1 aromatic heterocycles. The zero-order valence-electron chi connectivity index (χ0n) is 10.1. The van der Waals surface area contributed by atoms with E-state index in [0.29, 0.717) is 12.3 Å². The van der Waals surface area contributed by atoms with Crippen molar-refractivity contribution in [1.82, 2.24) is 15.3 Å². The predicted octanol–water partition coefficient (Wildman–Crippen LogP) is 1.41. The number of carbonyl (C=O) groups is 1. The maximum absolute atomic E-state index is 11.5. The van der Waals surface area contributed by atoms with E-state index >= 15 is 0 Å². The first-order chi connectivity index (χ1) is 8.74. The van der Waals surface area contributed by atoms with Gasteiger partial charge in [-0.3, -0.25) is 4.79 Å². The van der Waals surface area contributed by atoms with Crippen LogP contribution in [0.5, 0.6) is 5.75 Å². The minimum atomic E-state index is -0.161. The van der Waals surface area contributed by atoms with Crippen LogP contribution in [-0.4, -0.2) is 22.5 Å². The number of nitrogens with one attached hydrogen (secondary N) is 2. The van der Waals surface area contributed by atoms with Crippen LogP contribution >= 0.6 is 0 Å². The molecule has 1 heterocycles. The van der Waals surface area contributed by atoms with Crippen LogP contribution in [0.3, 0.4) is 0 Å². The fraction of sp³-hybridized carbons (Fsp3) is 0.231. The van der Waals surface area contributed by atoms with Crippen molar-refractivity contribution < 1.29 is 9.53 Å². The number of amides is 1. The highest BCUT2D eigenvalue weighted by atomic mass is 16.5. The van der Waals surface area contributed by atoms with E-state index in [9.17, 15) is 4.79 Å². The monoisotopic (exact) mass is 245 g/mol. The molecule has 0 radical (unpaired) electrons. The number of hydrogen-bond acceptors (Lipinski definition) is 3. The van der Waals surface area contributed by atoms with Gasteiger partial charge in [0.1, 0.15) is 5.75 Å². The molecule has 0 unspecified atom stereocenters. The molecule has 0 atom stereocenters. The Labute approximate surface area is 105 Å². The summed E-state index contributed by atoms with van der Waals surface area (Å²) in [6, 6.07) is 7.59. The van der Waals surface area contributed by atoms with Crippen molar-refractivity contribution >= 4 is 5.91 Å². The van der Waals surface area contributed by atoms with E-state index in [1.165, 1.54) is 0 Å². The Kier molecular flexibility index (Phi) is 3.96. The summed E-state index contributed by atoms with van der Waals surface area (Å²) in [6.45, 7) is 2.42. The van der Waals surface area contributed by atoms with Gasteiger partial charge in [-0.25, -0.2) is 4.98 Å². The Morgan fingerprint density at radius 3 is 3.11 bits per heavy atom. The van der Waals surface area contributed by atoms with Gasteiger partial charge in [0, 0.05) is 6.20 Å². The molecule has 1 amide bonds. The van der Waals surface area contributed by atoms with Crippen molar-refractivity contribution in [2.24, 2.45) is 0 Å². The summed E-state index contributed by atoms with van der Waals surface area (Å²) in [7, 11) is 0. The molecule has 0 bridgehead atoms. The molecule has 5 nitrogen and oxygen atoms in total. The lowest BCUT2D eigenvalue weighted by molar-refractivity contribution is -0.123. The number of benzene rings is 1. The summed E-state index contributed by atoms with van der Waals surface area (Å²) in [5, 5.41) is 2.73. The van der Waals surface area contributed by atoms with E-state index in [2.05, 4.69) is 15.3 Å². The third-order valence-corrected chi connectivity index (χ3v) is 2.39. The molecule has 5 heteroatoms. The second-order valence-electron chi connectivity index (χ2n) is 3.96. The molecule has 0 aliphatic rings. The van der Waals surface area contributed by atoms with E-state index in [0.717, 1.165) is 11.3 Å². The van der Waals surface area contributed by atoms with Crippen LogP contribution in [0, 0.1) is 6.92 Å². The van der Waals surface area contributed by atoms with Crippen LogP contribution in [0.1, 0.15) is 11.3 Å². The van der Waals surface area contributed by atoms with Crippen LogP contribution in [0.4, 0.5) is 0 Å². The molecule has 0 saturated carbocycles. The van der Waals surface area contributed by atoms with Gasteiger partial charge in [-0.05, 0) is 24.6 Å². The Balaban J connectivity index is 1.75. The molecule has 94 valence electrons. The van der Waals surface area contributed by atoms with Gasteiger partial charge in [-0.15, -0.1) is 0 Å². The summed E-state index contributed by atoms with van der Waals surface area (Å²) >= 11 is 0. The van der Waals surface area contributed by atoms with E-state index in [1.54, 1.807) is 12.5 Å². The lowest BCUT2D eigenvalue weighted by atomic mass is 10.2. The molecule has 2 aromatic rings. The molecule has 0 saturated heterocycles. The SMILES string of the molecule is Cc1cccc(OCC(=O)NCc2cnc[nH]2)c1. The number of aryl methyl sites for hydroxylation is 1. The molecule has 0 fully saturated rings. The van der Waals surface area contributed by atoms with E-state index in [4.69, 9.17) is 4.74 Å². The molecule has 2 N–H and O–H groups in total. The summed E-state index contributed by atoms with van der Waals surface area (Å²) < 4.78 is 5.38. The Morgan fingerprint density at radius 2 is 2.39 bits per heavy atom. The van der Waals surface area contributed by atoms with Gasteiger partial charge in [0.2, 0.25) is 0 Å². The van der Waals surface area contributed by atoms with Crippen molar-refractivity contribution in [3.05, 3.63) is 48.0 Å². The fourth-order valence-electron chi connectivity index (χ4n) is 1.48. The number of aromatic amines is 1. The van der Waals surface area contributed by atoms with Gasteiger partial charge >= 0.3 is 0 Å². The zero-order chi connectivity index (χ0) is 12.8. The van der Waals surface area contributed by atoms with Crippen molar-refractivity contribution in [3.63, 3.8) is 0 Å². The molecule has 2 rings (SSSR count). The second kappa shape index (κ2) is 5.86. The topological polar surface area (TPSA) is 67.0 Å². The minimum absolute atomic E-state index is 0.0115. The van der Waals surface area contributed by atoms with Crippen molar-refractivity contribution in [2.75, 3.05) is 6.61 Å². The van der Waals surface area contributed by atoms with Crippen molar-refractivity contribution in [3.8, 4) is 5.75 Å². The number of aromatic nitrogens is 2. The number of carbonyl (C=O) groups excluding carboxylic acids is 1. The molecular formula is C13H15N3O2. The van der Waals surface area contributed by atoms with Crippen molar-refractivity contribution in [1.29, 1.82) is 0 Å². The van der Waals surface area contributed by atoms with Gasteiger partial charge < -0.3 is 15.0 Å². The lowest BCUT2D eigenvalue weighted by Crippen LogP contribution is -2.28. The highest BCUT2D eigenvalue weighted by Gasteiger charge is 2.03. The van der Waals surface area contributed by atoms with Crippen molar-refractivity contribution in [2.45, 2.75) is 13.5 Å². The van der Waals surface area contributed by atoms with Gasteiger partial charge in [0.15, 0.2) is 6.61 Å². The largest absolute Gasteiger partial charge is 0.484 e. The molecule has 0 spiro atoms. The number of rotatable bonds is 5. The average Bonchev–Trinajstić information content (AvgIpc) is 2.87. The first-order valence-corrected chi connectivity index (χ1v) is 5.67. The quantitative estimate of drug-likeness (QED) is 0.837. The number of imidazole rings is 1. The Hall–Kier alpha value is -2.30. The molecule has 0 aliphatic heterocycles. The van der Waals surface area contributed by atoms with Crippen LogP contribution in [0.2, 0.25) is 0 Å². The van der Waals surface area contributed by atoms with Crippen LogP contribution in [0.25, 0.3) is 0 Å². The normalized spacial score (nSPS) is 10.1. The number of ether oxygens (including phenoxy) is 1. The van der Waals surface area contributed by atoms with Crippen LogP contribution in [0.15, 0.2) is 36.8 Å². The number of hydrogen-bond donors (Lipinski definition) is 2. The minimum Gasteiger partial charge on any atom is -0.484 e. The fourth-order valence-corrected chi connectivity index (χ4v) is 1.48. The van der Waals surface area contributed by atoms with E-state index in [-0.39, 0.29) is 12.5 Å². The molecule has 1 aromatic carbocycles. The van der Waals surface area contributed by atoms with E-state index < -0.39 is 0 Å². The van der Waals surface area contributed by atoms with E-state index in [1.807, 2.05) is 31.2 Å². The van der Waals surface area contributed by atoms with Crippen LogP contribution < -0.4 is 10.1 Å². The third-order valence-electron chi connectivity index (χ3n) is 2.39.